The number of piperidine rings is 1. The van der Waals surface area contributed by atoms with Gasteiger partial charge in [-0.05, 0) is 18.2 Å². The summed E-state index contributed by atoms with van der Waals surface area (Å²) in [5.41, 5.74) is 1.53. The summed E-state index contributed by atoms with van der Waals surface area (Å²) >= 11 is 0. The van der Waals surface area contributed by atoms with E-state index >= 15 is 0 Å². The van der Waals surface area contributed by atoms with Crippen LogP contribution in [0.5, 0.6) is 11.6 Å². The van der Waals surface area contributed by atoms with Crippen molar-refractivity contribution in [2.24, 2.45) is 0 Å². The van der Waals surface area contributed by atoms with Crippen molar-refractivity contribution in [1.82, 2.24) is 15.3 Å². The highest BCUT2D eigenvalue weighted by Crippen LogP contribution is 2.24. The molecule has 2 aromatic heterocycles. The molecule has 130 valence electrons. The molecule has 0 radical (unpaired) electrons. The summed E-state index contributed by atoms with van der Waals surface area (Å²) in [6, 6.07) is 7.47. The molecular weight excluding hydrogens is 320 g/mol. The first-order chi connectivity index (χ1) is 12.2. The Hall–Kier alpha value is -2.83. The van der Waals surface area contributed by atoms with Crippen molar-refractivity contribution in [2.45, 2.75) is 25.5 Å². The zero-order valence-electron chi connectivity index (χ0n) is 14.1. The molecule has 25 heavy (non-hydrogen) atoms. The molecule has 0 saturated carbocycles. The Bertz CT molecular complexity index is 770. The molecule has 7 nitrogen and oxygen atoms in total. The monoisotopic (exact) mass is 340 g/mol. The van der Waals surface area contributed by atoms with Crippen LogP contribution in [0.2, 0.25) is 0 Å². The summed E-state index contributed by atoms with van der Waals surface area (Å²) in [5.74, 6) is 2.24. The lowest BCUT2D eigenvalue weighted by Crippen LogP contribution is -2.38. The number of carbonyl (C=O) groups excluding carboxylic acids is 1. The number of aromatic nitrogens is 2. The lowest BCUT2D eigenvalue weighted by atomic mass is 10.1. The van der Waals surface area contributed by atoms with Crippen molar-refractivity contribution in [3.05, 3.63) is 41.7 Å². The van der Waals surface area contributed by atoms with Crippen molar-refractivity contribution in [1.29, 1.82) is 0 Å². The summed E-state index contributed by atoms with van der Waals surface area (Å²) in [5, 5.41) is 2.80. The predicted molar refractivity (Wildman–Crippen MR) is 92.1 cm³/mol. The van der Waals surface area contributed by atoms with E-state index in [1.165, 1.54) is 0 Å². The predicted octanol–water partition coefficient (Wildman–Crippen LogP) is 1.78. The minimum Gasteiger partial charge on any atom is -0.489 e. The number of carbonyl (C=O) groups is 1. The van der Waals surface area contributed by atoms with Crippen LogP contribution in [0.25, 0.3) is 0 Å². The van der Waals surface area contributed by atoms with Crippen molar-refractivity contribution >= 4 is 11.7 Å². The summed E-state index contributed by atoms with van der Waals surface area (Å²) in [4.78, 5) is 22.7. The van der Waals surface area contributed by atoms with Crippen LogP contribution in [0, 0.1) is 0 Å². The third-order valence-corrected chi connectivity index (χ3v) is 4.61. The van der Waals surface area contributed by atoms with Gasteiger partial charge in [-0.15, -0.1) is 0 Å². The highest BCUT2D eigenvalue weighted by molar-refractivity contribution is 5.97. The fourth-order valence-electron chi connectivity index (χ4n) is 3.22. The van der Waals surface area contributed by atoms with Crippen LogP contribution in [0.3, 0.4) is 0 Å². The van der Waals surface area contributed by atoms with Crippen LogP contribution >= 0.6 is 0 Å². The number of nitrogens with zero attached hydrogens (tertiary/aromatic N) is 3. The van der Waals surface area contributed by atoms with Gasteiger partial charge in [0.05, 0.1) is 31.1 Å². The zero-order valence-corrected chi connectivity index (χ0v) is 14.1. The van der Waals surface area contributed by atoms with Gasteiger partial charge in [0.15, 0.2) is 0 Å². The molecule has 0 spiro atoms. The average molecular weight is 340 g/mol. The summed E-state index contributed by atoms with van der Waals surface area (Å²) < 4.78 is 11.1. The normalized spacial score (nSPS) is 17.2. The molecule has 1 amide bonds. The third-order valence-electron chi connectivity index (χ3n) is 4.61. The molecule has 2 aliphatic heterocycles. The van der Waals surface area contributed by atoms with Gasteiger partial charge in [-0.1, -0.05) is 0 Å². The van der Waals surface area contributed by atoms with Crippen molar-refractivity contribution in [3.8, 4) is 11.6 Å². The van der Waals surface area contributed by atoms with Gasteiger partial charge >= 0.3 is 0 Å². The number of ether oxygens (including phenoxy) is 2. The van der Waals surface area contributed by atoms with E-state index in [-0.39, 0.29) is 12.0 Å². The summed E-state index contributed by atoms with van der Waals surface area (Å²) in [7, 11) is 1.59. The van der Waals surface area contributed by atoms with Gasteiger partial charge in [0.1, 0.15) is 17.7 Å². The molecule has 1 saturated heterocycles. The second-order valence-electron chi connectivity index (χ2n) is 6.19. The topological polar surface area (TPSA) is 76.6 Å². The molecule has 7 heteroatoms. The molecule has 0 bridgehead atoms. The number of fused-ring (bicyclic) bond motifs is 1. The van der Waals surface area contributed by atoms with Crippen LogP contribution in [0.1, 0.15) is 28.9 Å². The molecule has 1 fully saturated rings. The van der Waals surface area contributed by atoms with E-state index in [1.54, 1.807) is 19.4 Å². The Morgan fingerprint density at radius 3 is 2.76 bits per heavy atom. The van der Waals surface area contributed by atoms with E-state index < -0.39 is 0 Å². The minimum atomic E-state index is -0.0331. The smallest absolute Gasteiger partial charge is 0.253 e. The second-order valence-corrected chi connectivity index (χ2v) is 6.19. The van der Waals surface area contributed by atoms with Crippen molar-refractivity contribution in [2.75, 3.05) is 25.1 Å². The molecule has 2 aromatic rings. The molecule has 2 aliphatic rings. The zero-order chi connectivity index (χ0) is 17.2. The highest BCUT2D eigenvalue weighted by Gasteiger charge is 2.25. The number of hydrogen-bond donors (Lipinski definition) is 1. The number of nitrogens with one attached hydrogen (secondary N) is 1. The molecule has 0 atom stereocenters. The van der Waals surface area contributed by atoms with Gasteiger partial charge in [0.2, 0.25) is 5.88 Å². The average Bonchev–Trinajstić information content (AvgIpc) is 3.03. The number of pyridine rings is 2. The molecule has 0 aliphatic carbocycles. The van der Waals surface area contributed by atoms with E-state index in [0.717, 1.165) is 43.2 Å². The van der Waals surface area contributed by atoms with Gasteiger partial charge in [0, 0.05) is 32.0 Å². The largest absolute Gasteiger partial charge is 0.489 e. The van der Waals surface area contributed by atoms with Crippen molar-refractivity contribution in [3.63, 3.8) is 0 Å². The van der Waals surface area contributed by atoms with Crippen LogP contribution in [0.15, 0.2) is 30.5 Å². The van der Waals surface area contributed by atoms with Crippen molar-refractivity contribution < 1.29 is 14.3 Å². The van der Waals surface area contributed by atoms with Crippen LogP contribution in [-0.4, -0.2) is 42.2 Å². The molecule has 1 N–H and O–H groups in total. The standard InChI is InChI=1S/C18H20N4O3/c1-24-17-5-2-13(10-19-17)25-12-6-8-22(9-7-12)16-4-3-14-15(21-16)11-20-18(14)23/h2-5,10,12H,6-9,11H2,1H3,(H,20,23). The Morgan fingerprint density at radius 1 is 1.20 bits per heavy atom. The van der Waals surface area contributed by atoms with Crippen LogP contribution < -0.4 is 19.7 Å². The van der Waals surface area contributed by atoms with Gasteiger partial charge in [-0.2, -0.15) is 0 Å². The first-order valence-electron chi connectivity index (χ1n) is 8.43. The van der Waals surface area contributed by atoms with E-state index in [4.69, 9.17) is 9.47 Å². The third kappa shape index (κ3) is 3.22. The number of hydrogen-bond acceptors (Lipinski definition) is 6. The lowest BCUT2D eigenvalue weighted by Gasteiger charge is -2.33. The number of anilines is 1. The fourth-order valence-corrected chi connectivity index (χ4v) is 3.22. The Kier molecular flexibility index (Phi) is 4.13. The SMILES string of the molecule is COc1ccc(OC2CCN(c3ccc4c(n3)CNC4=O)CC2)cn1. The maximum Gasteiger partial charge on any atom is 0.253 e. The van der Waals surface area contributed by atoms with Gasteiger partial charge < -0.3 is 19.7 Å². The molecule has 4 rings (SSSR count). The van der Waals surface area contributed by atoms with Gasteiger partial charge in [0.25, 0.3) is 5.91 Å². The Labute approximate surface area is 146 Å². The van der Waals surface area contributed by atoms with E-state index in [2.05, 4.69) is 20.2 Å². The summed E-state index contributed by atoms with van der Waals surface area (Å²) in [6.45, 7) is 2.27. The van der Waals surface area contributed by atoms with Crippen LogP contribution in [-0.2, 0) is 6.54 Å². The Balaban J connectivity index is 1.36. The Morgan fingerprint density at radius 2 is 2.04 bits per heavy atom. The molecule has 4 heterocycles. The van der Waals surface area contributed by atoms with Crippen LogP contribution in [0.4, 0.5) is 5.82 Å². The first kappa shape index (κ1) is 15.7. The maximum atomic E-state index is 11.6. The van der Waals surface area contributed by atoms with E-state index in [0.29, 0.717) is 18.0 Å². The van der Waals surface area contributed by atoms with E-state index in [1.807, 2.05) is 18.2 Å². The fraction of sp³-hybridized carbons (Fsp3) is 0.389. The lowest BCUT2D eigenvalue weighted by molar-refractivity contribution is 0.0966. The van der Waals surface area contributed by atoms with Gasteiger partial charge in [-0.25, -0.2) is 9.97 Å². The molecular formula is C18H20N4O3. The molecule has 0 aromatic carbocycles. The first-order valence-corrected chi connectivity index (χ1v) is 8.43. The highest BCUT2D eigenvalue weighted by atomic mass is 16.5. The number of methoxy groups -OCH3 is 1. The minimum absolute atomic E-state index is 0.0331. The van der Waals surface area contributed by atoms with E-state index in [9.17, 15) is 4.79 Å². The summed E-state index contributed by atoms with van der Waals surface area (Å²) in [6.07, 6.45) is 3.70. The molecule has 0 unspecified atom stereocenters. The maximum absolute atomic E-state index is 11.6. The number of rotatable bonds is 4. The second kappa shape index (κ2) is 6.58. The van der Waals surface area contributed by atoms with Gasteiger partial charge in [-0.3, -0.25) is 4.79 Å². The number of amides is 1. The quantitative estimate of drug-likeness (QED) is 0.914.